The van der Waals surface area contributed by atoms with Gasteiger partial charge in [0.15, 0.2) is 0 Å². The number of amides is 2. The van der Waals surface area contributed by atoms with Gasteiger partial charge >= 0.3 is 5.69 Å². The third-order valence-electron chi connectivity index (χ3n) is 7.51. The first kappa shape index (κ1) is 25.0. The molecule has 8 heteroatoms. The van der Waals surface area contributed by atoms with Crippen molar-refractivity contribution in [2.45, 2.75) is 71.0 Å². The van der Waals surface area contributed by atoms with Gasteiger partial charge in [-0.1, -0.05) is 24.6 Å². The van der Waals surface area contributed by atoms with Crippen LogP contribution in [0.2, 0.25) is 0 Å². The van der Waals surface area contributed by atoms with Gasteiger partial charge in [0.2, 0.25) is 5.91 Å². The number of benzene rings is 2. The zero-order valence-corrected chi connectivity index (χ0v) is 21.4. The van der Waals surface area contributed by atoms with Crippen LogP contribution in [0.5, 0.6) is 0 Å². The SMILES string of the molecule is CC(C)n1c(=O)n(CC2CC2)c(=O)c2cc(NC(=O)[C@H]3CCC[C@@H](NC(=O)c4ccccc4)C3)ccc21. The van der Waals surface area contributed by atoms with E-state index in [-0.39, 0.29) is 41.1 Å². The maximum absolute atomic E-state index is 13.3. The highest BCUT2D eigenvalue weighted by atomic mass is 16.2. The predicted octanol–water partition coefficient (Wildman–Crippen LogP) is 4.08. The average molecular weight is 503 g/mol. The molecule has 2 N–H and O–H groups in total. The van der Waals surface area contributed by atoms with E-state index < -0.39 is 0 Å². The third-order valence-corrected chi connectivity index (χ3v) is 7.51. The Labute approximate surface area is 215 Å². The van der Waals surface area contributed by atoms with Crippen molar-refractivity contribution in [3.8, 4) is 0 Å². The second kappa shape index (κ2) is 10.4. The number of anilines is 1. The summed E-state index contributed by atoms with van der Waals surface area (Å²) in [7, 11) is 0. The Balaban J connectivity index is 1.34. The lowest BCUT2D eigenvalue weighted by atomic mass is 9.85. The van der Waals surface area contributed by atoms with E-state index in [9.17, 15) is 19.2 Å². The van der Waals surface area contributed by atoms with Crippen molar-refractivity contribution in [3.05, 3.63) is 74.9 Å². The Hall–Kier alpha value is -3.68. The van der Waals surface area contributed by atoms with Crippen LogP contribution in [0.15, 0.2) is 58.1 Å². The fourth-order valence-corrected chi connectivity index (χ4v) is 5.34. The lowest BCUT2D eigenvalue weighted by molar-refractivity contribution is -0.121. The minimum absolute atomic E-state index is 0.0658. The largest absolute Gasteiger partial charge is 0.349 e. The summed E-state index contributed by atoms with van der Waals surface area (Å²) in [6.07, 6.45) is 5.08. The molecule has 37 heavy (non-hydrogen) atoms. The van der Waals surface area contributed by atoms with Crippen LogP contribution >= 0.6 is 0 Å². The number of rotatable bonds is 7. The summed E-state index contributed by atoms with van der Waals surface area (Å²) in [6.45, 7) is 4.30. The predicted molar refractivity (Wildman–Crippen MR) is 144 cm³/mol. The third kappa shape index (κ3) is 5.38. The quantitative estimate of drug-likeness (QED) is 0.508. The zero-order valence-electron chi connectivity index (χ0n) is 21.4. The van der Waals surface area contributed by atoms with E-state index >= 15 is 0 Å². The molecule has 2 aromatic carbocycles. The molecular formula is C29H34N4O4. The molecule has 1 heterocycles. The van der Waals surface area contributed by atoms with E-state index in [0.717, 1.165) is 32.1 Å². The molecule has 2 saturated carbocycles. The first-order chi connectivity index (χ1) is 17.8. The van der Waals surface area contributed by atoms with Gasteiger partial charge in [0, 0.05) is 35.8 Å². The van der Waals surface area contributed by atoms with Gasteiger partial charge in [-0.3, -0.25) is 23.5 Å². The van der Waals surface area contributed by atoms with Gasteiger partial charge in [0.05, 0.1) is 10.9 Å². The van der Waals surface area contributed by atoms with Gasteiger partial charge < -0.3 is 10.6 Å². The molecular weight excluding hydrogens is 468 g/mol. The summed E-state index contributed by atoms with van der Waals surface area (Å²) in [5.74, 6) is -0.0944. The number of aromatic nitrogens is 2. The second-order valence-corrected chi connectivity index (χ2v) is 10.7. The fourth-order valence-electron chi connectivity index (χ4n) is 5.34. The van der Waals surface area contributed by atoms with E-state index in [1.807, 2.05) is 32.0 Å². The number of carbonyl (C=O) groups excluding carboxylic acids is 2. The van der Waals surface area contributed by atoms with Crippen LogP contribution in [0.25, 0.3) is 10.9 Å². The van der Waals surface area contributed by atoms with Gasteiger partial charge in [0.1, 0.15) is 0 Å². The molecule has 0 aliphatic heterocycles. The summed E-state index contributed by atoms with van der Waals surface area (Å²) in [4.78, 5) is 52.1. The standard InChI is InChI=1S/C29H34N4O4/c1-18(2)33-25-14-13-23(16-24(25)28(36)32(29(33)37)17-19-11-12-19)31-27(35)21-9-6-10-22(15-21)30-26(34)20-7-4-3-5-8-20/h3-5,7-8,13-14,16,18-19,21-22H,6,9-12,15,17H2,1-2H3,(H,30,34)(H,31,35)/t21-,22+/m0/s1. The van der Waals surface area contributed by atoms with Crippen molar-refractivity contribution in [3.63, 3.8) is 0 Å². The van der Waals surface area contributed by atoms with Crippen LogP contribution in [0.4, 0.5) is 5.69 Å². The molecule has 2 aliphatic rings. The molecule has 2 fully saturated rings. The van der Waals surface area contributed by atoms with E-state index in [0.29, 0.717) is 41.0 Å². The molecule has 2 atom stereocenters. The molecule has 5 rings (SSSR count). The second-order valence-electron chi connectivity index (χ2n) is 10.7. The Morgan fingerprint density at radius 1 is 1.00 bits per heavy atom. The summed E-state index contributed by atoms with van der Waals surface area (Å²) >= 11 is 0. The molecule has 8 nitrogen and oxygen atoms in total. The normalized spacial score (nSPS) is 19.6. The molecule has 0 saturated heterocycles. The van der Waals surface area contributed by atoms with Crippen molar-refractivity contribution in [2.75, 3.05) is 5.32 Å². The number of hydrogen-bond acceptors (Lipinski definition) is 4. The number of nitrogens with one attached hydrogen (secondary N) is 2. The molecule has 194 valence electrons. The van der Waals surface area contributed by atoms with Gasteiger partial charge in [0.25, 0.3) is 11.5 Å². The number of hydrogen-bond donors (Lipinski definition) is 2. The Bertz CT molecular complexity index is 1440. The summed E-state index contributed by atoms with van der Waals surface area (Å²) in [6, 6.07) is 14.1. The smallest absolute Gasteiger partial charge is 0.331 e. The van der Waals surface area contributed by atoms with E-state index in [2.05, 4.69) is 10.6 Å². The van der Waals surface area contributed by atoms with Crippen molar-refractivity contribution in [1.29, 1.82) is 0 Å². The van der Waals surface area contributed by atoms with Crippen molar-refractivity contribution < 1.29 is 9.59 Å². The van der Waals surface area contributed by atoms with Gasteiger partial charge in [-0.05, 0) is 82.2 Å². The number of carbonyl (C=O) groups is 2. The average Bonchev–Trinajstić information content (AvgIpc) is 3.72. The van der Waals surface area contributed by atoms with Gasteiger partial charge in [-0.15, -0.1) is 0 Å². The summed E-state index contributed by atoms with van der Waals surface area (Å²) < 4.78 is 3.01. The Morgan fingerprint density at radius 3 is 2.46 bits per heavy atom. The Morgan fingerprint density at radius 2 is 1.76 bits per heavy atom. The van der Waals surface area contributed by atoms with Crippen LogP contribution in [0.3, 0.4) is 0 Å². The first-order valence-corrected chi connectivity index (χ1v) is 13.3. The monoisotopic (exact) mass is 502 g/mol. The van der Waals surface area contributed by atoms with Crippen molar-refractivity contribution in [1.82, 2.24) is 14.5 Å². The van der Waals surface area contributed by atoms with E-state index in [1.165, 1.54) is 4.57 Å². The first-order valence-electron chi connectivity index (χ1n) is 13.3. The zero-order chi connectivity index (χ0) is 26.1. The van der Waals surface area contributed by atoms with Crippen LogP contribution in [-0.2, 0) is 11.3 Å². The van der Waals surface area contributed by atoms with Crippen LogP contribution in [-0.4, -0.2) is 27.0 Å². The highest BCUT2D eigenvalue weighted by molar-refractivity contribution is 5.96. The molecule has 0 spiro atoms. The summed E-state index contributed by atoms with van der Waals surface area (Å²) in [5, 5.41) is 6.49. The topological polar surface area (TPSA) is 102 Å². The minimum atomic E-state index is -0.304. The molecule has 1 aromatic heterocycles. The molecule has 0 bridgehead atoms. The van der Waals surface area contributed by atoms with Crippen molar-refractivity contribution >= 4 is 28.4 Å². The molecule has 3 aromatic rings. The van der Waals surface area contributed by atoms with E-state index in [1.54, 1.807) is 34.9 Å². The minimum Gasteiger partial charge on any atom is -0.349 e. The maximum Gasteiger partial charge on any atom is 0.331 e. The van der Waals surface area contributed by atoms with Gasteiger partial charge in [-0.25, -0.2) is 4.79 Å². The van der Waals surface area contributed by atoms with Crippen molar-refractivity contribution in [2.24, 2.45) is 11.8 Å². The van der Waals surface area contributed by atoms with E-state index in [4.69, 9.17) is 0 Å². The fraction of sp³-hybridized carbons (Fsp3) is 0.448. The Kier molecular flexibility index (Phi) is 7.00. The lowest BCUT2D eigenvalue weighted by Crippen LogP contribution is -2.41. The maximum atomic E-state index is 13.3. The van der Waals surface area contributed by atoms with Crippen LogP contribution < -0.4 is 21.9 Å². The molecule has 2 amide bonds. The lowest BCUT2D eigenvalue weighted by Gasteiger charge is -2.29. The van der Waals surface area contributed by atoms with Crippen LogP contribution in [0.1, 0.15) is 68.8 Å². The highest BCUT2D eigenvalue weighted by Gasteiger charge is 2.29. The summed E-state index contributed by atoms with van der Waals surface area (Å²) in [5.41, 5.74) is 1.15. The highest BCUT2D eigenvalue weighted by Crippen LogP contribution is 2.30. The van der Waals surface area contributed by atoms with Crippen LogP contribution in [0, 0.1) is 11.8 Å². The molecule has 0 radical (unpaired) electrons. The number of nitrogens with zero attached hydrogens (tertiary/aromatic N) is 2. The molecule has 0 unspecified atom stereocenters. The molecule has 2 aliphatic carbocycles. The number of fused-ring (bicyclic) bond motifs is 1. The van der Waals surface area contributed by atoms with Gasteiger partial charge in [-0.2, -0.15) is 0 Å².